The predicted molar refractivity (Wildman–Crippen MR) is 126 cm³/mol. The Labute approximate surface area is 191 Å². The van der Waals surface area contributed by atoms with E-state index in [4.69, 9.17) is 11.6 Å². The molecule has 0 heterocycles. The maximum Gasteiger partial charge on any atom is 0.261 e. The summed E-state index contributed by atoms with van der Waals surface area (Å²) in [5.41, 5.74) is 1.83. The average molecular weight is 494 g/mol. The van der Waals surface area contributed by atoms with Gasteiger partial charge in [-0.15, -0.1) is 0 Å². The molecule has 0 aliphatic rings. The standard InChI is InChI=1S/C21H20ClN3O5S2/c1-14-19(22)7-4-8-20(14)25-32(29,30)18-11-9-16(10-12-18)23-21(26)15-5-3-6-17(13-15)24-31(2,27)28/h3-13,24-25H,1-2H3,(H,23,26). The van der Waals surface area contributed by atoms with Crippen LogP contribution in [0, 0.1) is 6.92 Å². The monoisotopic (exact) mass is 493 g/mol. The number of hydrogen-bond acceptors (Lipinski definition) is 5. The van der Waals surface area contributed by atoms with Crippen molar-refractivity contribution in [1.82, 2.24) is 0 Å². The fourth-order valence-electron chi connectivity index (χ4n) is 2.78. The zero-order valence-electron chi connectivity index (χ0n) is 17.1. The van der Waals surface area contributed by atoms with Crippen LogP contribution in [0.3, 0.4) is 0 Å². The van der Waals surface area contributed by atoms with Crippen molar-refractivity contribution in [3.63, 3.8) is 0 Å². The van der Waals surface area contributed by atoms with Crippen LogP contribution < -0.4 is 14.8 Å². The van der Waals surface area contributed by atoms with Gasteiger partial charge in [0.25, 0.3) is 15.9 Å². The molecule has 0 saturated heterocycles. The van der Waals surface area contributed by atoms with Gasteiger partial charge in [0.15, 0.2) is 0 Å². The first-order chi connectivity index (χ1) is 14.9. The Hall–Kier alpha value is -3.08. The smallest absolute Gasteiger partial charge is 0.261 e. The number of benzene rings is 3. The number of amides is 1. The molecule has 8 nitrogen and oxygen atoms in total. The molecule has 0 aliphatic heterocycles. The van der Waals surface area contributed by atoms with Crippen LogP contribution in [0.2, 0.25) is 5.02 Å². The van der Waals surface area contributed by atoms with E-state index in [1.54, 1.807) is 31.2 Å². The van der Waals surface area contributed by atoms with Crippen molar-refractivity contribution in [2.24, 2.45) is 0 Å². The Bertz CT molecular complexity index is 1370. The number of rotatable bonds is 7. The van der Waals surface area contributed by atoms with Crippen molar-refractivity contribution in [2.75, 3.05) is 21.0 Å². The third kappa shape index (κ3) is 6.00. The highest BCUT2D eigenvalue weighted by molar-refractivity contribution is 7.92. The van der Waals surface area contributed by atoms with E-state index in [-0.39, 0.29) is 16.1 Å². The molecule has 3 aromatic carbocycles. The van der Waals surface area contributed by atoms with Crippen LogP contribution in [0.1, 0.15) is 15.9 Å². The van der Waals surface area contributed by atoms with Crippen molar-refractivity contribution < 1.29 is 21.6 Å². The number of carbonyl (C=O) groups excluding carboxylic acids is 1. The van der Waals surface area contributed by atoms with E-state index in [1.807, 2.05) is 0 Å². The number of halogens is 1. The van der Waals surface area contributed by atoms with Gasteiger partial charge in [-0.2, -0.15) is 0 Å². The van der Waals surface area contributed by atoms with Crippen LogP contribution in [-0.2, 0) is 20.0 Å². The normalized spacial score (nSPS) is 11.6. The largest absolute Gasteiger partial charge is 0.322 e. The van der Waals surface area contributed by atoms with Crippen molar-refractivity contribution in [2.45, 2.75) is 11.8 Å². The van der Waals surface area contributed by atoms with Crippen LogP contribution in [0.4, 0.5) is 17.1 Å². The quantitative estimate of drug-likeness (QED) is 0.458. The summed E-state index contributed by atoms with van der Waals surface area (Å²) in [6.07, 6.45) is 1.01. The summed E-state index contributed by atoms with van der Waals surface area (Å²) in [5.74, 6) is -0.481. The van der Waals surface area contributed by atoms with Gasteiger partial charge in [-0.05, 0) is 67.1 Å². The van der Waals surface area contributed by atoms with E-state index in [0.717, 1.165) is 6.26 Å². The Balaban J connectivity index is 1.74. The Morgan fingerprint density at radius 3 is 2.16 bits per heavy atom. The van der Waals surface area contributed by atoms with Crippen LogP contribution in [-0.4, -0.2) is 29.0 Å². The van der Waals surface area contributed by atoms with Gasteiger partial charge in [-0.3, -0.25) is 14.2 Å². The van der Waals surface area contributed by atoms with Gasteiger partial charge in [0.05, 0.1) is 16.8 Å². The number of sulfonamides is 2. The van der Waals surface area contributed by atoms with Crippen molar-refractivity contribution in [3.05, 3.63) is 82.9 Å². The molecule has 3 aromatic rings. The third-order valence-corrected chi connectivity index (χ3v) is 6.76. The van der Waals surface area contributed by atoms with E-state index in [1.165, 1.54) is 42.5 Å². The second-order valence-electron chi connectivity index (χ2n) is 6.95. The first kappa shape index (κ1) is 23.6. The summed E-state index contributed by atoms with van der Waals surface area (Å²) in [4.78, 5) is 12.5. The van der Waals surface area contributed by atoms with Crippen LogP contribution in [0.15, 0.2) is 71.6 Å². The minimum absolute atomic E-state index is 0.00854. The molecule has 1 amide bonds. The zero-order valence-corrected chi connectivity index (χ0v) is 19.5. The van der Waals surface area contributed by atoms with Gasteiger partial charge in [0.2, 0.25) is 10.0 Å². The topological polar surface area (TPSA) is 121 Å². The van der Waals surface area contributed by atoms with E-state index in [2.05, 4.69) is 14.8 Å². The zero-order chi connectivity index (χ0) is 23.5. The molecule has 0 fully saturated rings. The van der Waals surface area contributed by atoms with E-state index in [9.17, 15) is 21.6 Å². The maximum absolute atomic E-state index is 12.7. The summed E-state index contributed by atoms with van der Waals surface area (Å²) in [7, 11) is -7.34. The van der Waals surface area contributed by atoms with E-state index < -0.39 is 26.0 Å². The molecule has 168 valence electrons. The molecule has 0 aromatic heterocycles. The van der Waals surface area contributed by atoms with Crippen LogP contribution >= 0.6 is 11.6 Å². The lowest BCUT2D eigenvalue weighted by Gasteiger charge is -2.12. The molecule has 0 atom stereocenters. The summed E-state index contributed by atoms with van der Waals surface area (Å²) in [6.45, 7) is 1.71. The number of anilines is 3. The highest BCUT2D eigenvalue weighted by Crippen LogP contribution is 2.26. The summed E-state index contributed by atoms with van der Waals surface area (Å²) in [6, 6.07) is 16.5. The lowest BCUT2D eigenvalue weighted by Crippen LogP contribution is -2.15. The minimum Gasteiger partial charge on any atom is -0.322 e. The van der Waals surface area contributed by atoms with Gasteiger partial charge < -0.3 is 5.32 Å². The van der Waals surface area contributed by atoms with Crippen LogP contribution in [0.5, 0.6) is 0 Å². The second kappa shape index (κ2) is 9.19. The minimum atomic E-state index is -3.86. The molecule has 0 bridgehead atoms. The van der Waals surface area contributed by atoms with Gasteiger partial charge >= 0.3 is 0 Å². The number of hydrogen-bond donors (Lipinski definition) is 3. The molecule has 0 aliphatic carbocycles. The predicted octanol–water partition coefficient (Wildman–Crippen LogP) is 4.07. The fourth-order valence-corrected chi connectivity index (χ4v) is 4.63. The second-order valence-corrected chi connectivity index (χ2v) is 10.8. The van der Waals surface area contributed by atoms with E-state index >= 15 is 0 Å². The Morgan fingerprint density at radius 1 is 0.844 bits per heavy atom. The first-order valence-corrected chi connectivity index (χ1v) is 13.0. The first-order valence-electron chi connectivity index (χ1n) is 9.22. The highest BCUT2D eigenvalue weighted by atomic mass is 35.5. The lowest BCUT2D eigenvalue weighted by atomic mass is 10.2. The molecule has 11 heteroatoms. The van der Waals surface area contributed by atoms with Crippen molar-refractivity contribution >= 4 is 54.6 Å². The number of carbonyl (C=O) groups is 1. The third-order valence-electron chi connectivity index (χ3n) is 4.36. The van der Waals surface area contributed by atoms with Gasteiger partial charge in [0, 0.05) is 22.0 Å². The average Bonchev–Trinajstić information content (AvgIpc) is 2.70. The Morgan fingerprint density at radius 2 is 1.50 bits per heavy atom. The van der Waals surface area contributed by atoms with Crippen LogP contribution in [0.25, 0.3) is 0 Å². The molecular weight excluding hydrogens is 474 g/mol. The lowest BCUT2D eigenvalue weighted by molar-refractivity contribution is 0.102. The van der Waals surface area contributed by atoms with Gasteiger partial charge in [-0.1, -0.05) is 23.7 Å². The van der Waals surface area contributed by atoms with Crippen molar-refractivity contribution in [1.29, 1.82) is 0 Å². The van der Waals surface area contributed by atoms with Gasteiger partial charge in [-0.25, -0.2) is 16.8 Å². The maximum atomic E-state index is 12.7. The van der Waals surface area contributed by atoms with Gasteiger partial charge in [0.1, 0.15) is 0 Å². The van der Waals surface area contributed by atoms with E-state index in [0.29, 0.717) is 22.0 Å². The Kier molecular flexibility index (Phi) is 6.77. The molecule has 0 radical (unpaired) electrons. The molecule has 0 saturated carbocycles. The molecule has 0 spiro atoms. The molecular formula is C21H20ClN3O5S2. The fraction of sp³-hybridized carbons (Fsp3) is 0.0952. The number of nitrogens with one attached hydrogen (secondary N) is 3. The molecule has 3 N–H and O–H groups in total. The van der Waals surface area contributed by atoms with Crippen molar-refractivity contribution in [3.8, 4) is 0 Å². The molecule has 0 unspecified atom stereocenters. The molecule has 32 heavy (non-hydrogen) atoms. The SMILES string of the molecule is Cc1c(Cl)cccc1NS(=O)(=O)c1ccc(NC(=O)c2cccc(NS(C)(=O)=O)c2)cc1. The molecule has 3 rings (SSSR count). The summed E-state index contributed by atoms with van der Waals surface area (Å²) < 4.78 is 52.9. The summed E-state index contributed by atoms with van der Waals surface area (Å²) >= 11 is 6.04. The summed E-state index contributed by atoms with van der Waals surface area (Å²) in [5, 5.41) is 3.09. The highest BCUT2D eigenvalue weighted by Gasteiger charge is 2.16.